The summed E-state index contributed by atoms with van der Waals surface area (Å²) in [6.07, 6.45) is -4.84. The molecule has 2 aromatic rings. The fraction of sp³-hybridized carbons (Fsp3) is 0.353. The summed E-state index contributed by atoms with van der Waals surface area (Å²) in [6, 6.07) is 7.13. The van der Waals surface area contributed by atoms with Crippen molar-refractivity contribution in [2.75, 3.05) is 13.2 Å². The molecule has 0 saturated carbocycles. The van der Waals surface area contributed by atoms with Crippen LogP contribution in [0.15, 0.2) is 28.7 Å². The van der Waals surface area contributed by atoms with E-state index in [1.54, 1.807) is 25.1 Å². The number of carbonyl (C=O) groups excluding carboxylic acids is 2. The Hall–Kier alpha value is -2.36. The first kappa shape index (κ1) is 19.4. The molecule has 1 aromatic heterocycles. The Morgan fingerprint density at radius 2 is 2.07 bits per heavy atom. The van der Waals surface area contributed by atoms with Crippen molar-refractivity contribution in [2.45, 2.75) is 26.1 Å². The molecule has 1 aliphatic heterocycles. The third-order valence-electron chi connectivity index (χ3n) is 4.11. The molecule has 6 nitrogen and oxygen atoms in total. The number of aromatic nitrogens is 2. The van der Waals surface area contributed by atoms with E-state index in [1.807, 2.05) is 6.07 Å². The highest BCUT2D eigenvalue weighted by atomic mass is 79.9. The largest absolute Gasteiger partial charge is 0.471 e. The molecular weight excluding hydrogens is 431 g/mol. The lowest BCUT2D eigenvalue weighted by atomic mass is 10.0. The molecule has 0 radical (unpaired) electrons. The van der Waals surface area contributed by atoms with Gasteiger partial charge in [0.25, 0.3) is 0 Å². The molecule has 3 rings (SSSR count). The van der Waals surface area contributed by atoms with E-state index in [0.29, 0.717) is 16.3 Å². The van der Waals surface area contributed by atoms with Gasteiger partial charge in [-0.2, -0.15) is 18.3 Å². The molecule has 0 spiro atoms. The monoisotopic (exact) mass is 445 g/mol. The van der Waals surface area contributed by atoms with E-state index in [-0.39, 0.29) is 37.4 Å². The van der Waals surface area contributed by atoms with Crippen LogP contribution in [0.4, 0.5) is 13.2 Å². The average molecular weight is 446 g/mol. The zero-order valence-electron chi connectivity index (χ0n) is 14.2. The maximum atomic E-state index is 12.8. The SMILES string of the molecule is CCOC(=O)c1nn(-c2cccc(Br)c2)c2c1CN(C(=O)C(F)(F)F)CC2. The van der Waals surface area contributed by atoms with Gasteiger partial charge < -0.3 is 9.64 Å². The fourth-order valence-corrected chi connectivity index (χ4v) is 3.34. The van der Waals surface area contributed by atoms with Crippen LogP contribution in [-0.4, -0.2) is 45.9 Å². The van der Waals surface area contributed by atoms with Crippen LogP contribution in [0.25, 0.3) is 5.69 Å². The minimum Gasteiger partial charge on any atom is -0.461 e. The molecular formula is C17H15BrF3N3O3. The van der Waals surface area contributed by atoms with E-state index in [1.165, 1.54) is 4.68 Å². The Balaban J connectivity index is 2.06. The van der Waals surface area contributed by atoms with Gasteiger partial charge in [0.1, 0.15) is 0 Å². The highest BCUT2D eigenvalue weighted by Crippen LogP contribution is 2.29. The number of rotatable bonds is 3. The van der Waals surface area contributed by atoms with Gasteiger partial charge in [-0.3, -0.25) is 4.79 Å². The third-order valence-corrected chi connectivity index (χ3v) is 4.60. The van der Waals surface area contributed by atoms with Gasteiger partial charge in [0.05, 0.1) is 24.5 Å². The Kier molecular flexibility index (Phi) is 5.27. The number of halogens is 4. The van der Waals surface area contributed by atoms with Crippen molar-refractivity contribution in [2.24, 2.45) is 0 Å². The van der Waals surface area contributed by atoms with Crippen molar-refractivity contribution in [3.63, 3.8) is 0 Å². The lowest BCUT2D eigenvalue weighted by molar-refractivity contribution is -0.186. The van der Waals surface area contributed by atoms with Crippen LogP contribution in [-0.2, 0) is 22.5 Å². The number of carbonyl (C=O) groups is 2. The van der Waals surface area contributed by atoms with E-state index < -0.39 is 18.1 Å². The van der Waals surface area contributed by atoms with Crippen molar-refractivity contribution >= 4 is 27.8 Å². The minimum atomic E-state index is -4.97. The van der Waals surface area contributed by atoms with Gasteiger partial charge >= 0.3 is 18.1 Å². The van der Waals surface area contributed by atoms with Gasteiger partial charge in [0.15, 0.2) is 5.69 Å². The molecule has 0 atom stereocenters. The van der Waals surface area contributed by atoms with Gasteiger partial charge in [-0.1, -0.05) is 22.0 Å². The van der Waals surface area contributed by atoms with Crippen LogP contribution in [0.5, 0.6) is 0 Å². The van der Waals surface area contributed by atoms with E-state index in [2.05, 4.69) is 21.0 Å². The number of alkyl halides is 3. The molecule has 1 aliphatic rings. The molecule has 0 saturated heterocycles. The van der Waals surface area contributed by atoms with Gasteiger partial charge in [0, 0.05) is 23.0 Å². The zero-order chi connectivity index (χ0) is 19.8. The Morgan fingerprint density at radius 3 is 2.70 bits per heavy atom. The van der Waals surface area contributed by atoms with Crippen molar-refractivity contribution in [1.29, 1.82) is 0 Å². The maximum absolute atomic E-state index is 12.8. The number of nitrogens with zero attached hydrogens (tertiary/aromatic N) is 3. The summed E-state index contributed by atoms with van der Waals surface area (Å²) < 4.78 is 45.7. The van der Waals surface area contributed by atoms with Crippen LogP contribution in [0.3, 0.4) is 0 Å². The van der Waals surface area contributed by atoms with Gasteiger partial charge in [-0.25, -0.2) is 9.48 Å². The minimum absolute atomic E-state index is 0.0773. The number of benzene rings is 1. The number of fused-ring (bicyclic) bond motifs is 1. The summed E-state index contributed by atoms with van der Waals surface area (Å²) in [5.74, 6) is -2.66. The predicted molar refractivity (Wildman–Crippen MR) is 92.4 cm³/mol. The second-order valence-electron chi connectivity index (χ2n) is 5.86. The molecule has 1 aromatic carbocycles. The quantitative estimate of drug-likeness (QED) is 0.680. The Bertz CT molecular complexity index is 895. The zero-order valence-corrected chi connectivity index (χ0v) is 15.8. The van der Waals surface area contributed by atoms with Crippen molar-refractivity contribution in [3.8, 4) is 5.69 Å². The number of hydrogen-bond acceptors (Lipinski definition) is 4. The van der Waals surface area contributed by atoms with Crippen LogP contribution < -0.4 is 0 Å². The topological polar surface area (TPSA) is 64.4 Å². The molecule has 0 aliphatic carbocycles. The standard InChI is InChI=1S/C17H15BrF3N3O3/c1-2-27-15(25)14-12-9-23(16(26)17(19,20)21)7-6-13(12)24(22-14)11-5-3-4-10(18)8-11/h3-5,8H,2,6-7,9H2,1H3. The van der Waals surface area contributed by atoms with Gasteiger partial charge in [-0.05, 0) is 25.1 Å². The molecule has 0 unspecified atom stereocenters. The number of esters is 1. The highest BCUT2D eigenvalue weighted by molar-refractivity contribution is 9.10. The first-order valence-electron chi connectivity index (χ1n) is 8.12. The van der Waals surface area contributed by atoms with Crippen LogP contribution in [0, 0.1) is 0 Å². The summed E-state index contributed by atoms with van der Waals surface area (Å²) in [5.41, 5.74) is 1.43. The summed E-state index contributed by atoms with van der Waals surface area (Å²) in [6.45, 7) is 1.25. The normalized spacial score (nSPS) is 14.0. The van der Waals surface area contributed by atoms with Crippen molar-refractivity contribution < 1.29 is 27.5 Å². The maximum Gasteiger partial charge on any atom is 0.471 e. The molecule has 27 heavy (non-hydrogen) atoms. The fourth-order valence-electron chi connectivity index (χ4n) is 2.96. The number of amides is 1. The molecule has 2 heterocycles. The Labute approximate surface area is 161 Å². The second-order valence-corrected chi connectivity index (χ2v) is 6.78. The first-order chi connectivity index (χ1) is 12.7. The van der Waals surface area contributed by atoms with Crippen molar-refractivity contribution in [3.05, 3.63) is 45.7 Å². The molecule has 144 valence electrons. The van der Waals surface area contributed by atoms with Crippen LogP contribution in [0.1, 0.15) is 28.7 Å². The van der Waals surface area contributed by atoms with E-state index in [4.69, 9.17) is 4.74 Å². The summed E-state index contributed by atoms with van der Waals surface area (Å²) in [5, 5.41) is 4.28. The molecule has 0 N–H and O–H groups in total. The van der Waals surface area contributed by atoms with E-state index >= 15 is 0 Å². The number of ether oxygens (including phenoxy) is 1. The predicted octanol–water partition coefficient (Wildman–Crippen LogP) is 3.26. The molecule has 10 heteroatoms. The van der Waals surface area contributed by atoms with Crippen molar-refractivity contribution in [1.82, 2.24) is 14.7 Å². The summed E-state index contributed by atoms with van der Waals surface area (Å²) >= 11 is 3.36. The highest BCUT2D eigenvalue weighted by Gasteiger charge is 2.44. The second kappa shape index (κ2) is 7.34. The molecule has 0 bridgehead atoms. The lowest BCUT2D eigenvalue weighted by Crippen LogP contribution is -2.44. The summed E-state index contributed by atoms with van der Waals surface area (Å²) in [7, 11) is 0. The van der Waals surface area contributed by atoms with Crippen LogP contribution in [0.2, 0.25) is 0 Å². The Morgan fingerprint density at radius 1 is 1.33 bits per heavy atom. The van der Waals surface area contributed by atoms with Gasteiger partial charge in [0.2, 0.25) is 0 Å². The van der Waals surface area contributed by atoms with Gasteiger partial charge in [-0.15, -0.1) is 0 Å². The lowest BCUT2D eigenvalue weighted by Gasteiger charge is -2.28. The average Bonchev–Trinajstić information content (AvgIpc) is 2.99. The summed E-state index contributed by atoms with van der Waals surface area (Å²) in [4.78, 5) is 24.6. The van der Waals surface area contributed by atoms with E-state index in [9.17, 15) is 22.8 Å². The smallest absolute Gasteiger partial charge is 0.461 e. The first-order valence-corrected chi connectivity index (χ1v) is 8.91. The molecule has 1 amide bonds. The van der Waals surface area contributed by atoms with E-state index in [0.717, 1.165) is 4.47 Å². The number of hydrogen-bond donors (Lipinski definition) is 0. The molecule has 0 fully saturated rings. The van der Waals surface area contributed by atoms with Crippen LogP contribution >= 0.6 is 15.9 Å². The third kappa shape index (κ3) is 3.85.